The van der Waals surface area contributed by atoms with E-state index in [1.54, 1.807) is 6.07 Å². The van der Waals surface area contributed by atoms with Crippen LogP contribution < -0.4 is 0 Å². The highest BCUT2D eigenvalue weighted by Gasteiger charge is 2.26. The van der Waals surface area contributed by atoms with E-state index in [1.807, 2.05) is 24.3 Å². The van der Waals surface area contributed by atoms with Crippen LogP contribution in [0.3, 0.4) is 0 Å². The Kier molecular flexibility index (Phi) is 2.74. The molecule has 0 radical (unpaired) electrons. The molecular formula is C12H9BrF2. The van der Waals surface area contributed by atoms with Crippen molar-refractivity contribution in [2.75, 3.05) is 0 Å². The molecule has 0 amide bonds. The van der Waals surface area contributed by atoms with E-state index >= 15 is 0 Å². The zero-order chi connectivity index (χ0) is 10.9. The molecule has 1 aromatic carbocycles. The molecule has 1 atom stereocenters. The van der Waals surface area contributed by atoms with Gasteiger partial charge in [-0.05, 0) is 24.1 Å². The summed E-state index contributed by atoms with van der Waals surface area (Å²) in [5.41, 5.74) is 0.724. The van der Waals surface area contributed by atoms with Gasteiger partial charge in [-0.3, -0.25) is 0 Å². The minimum absolute atomic E-state index is 0.406. The van der Waals surface area contributed by atoms with Gasteiger partial charge in [-0.1, -0.05) is 46.3 Å². The van der Waals surface area contributed by atoms with Gasteiger partial charge in [-0.2, -0.15) is 0 Å². The Bertz CT molecular complexity index is 437. The minimum atomic E-state index is -0.815. The van der Waals surface area contributed by atoms with E-state index in [4.69, 9.17) is 0 Å². The fourth-order valence-corrected chi connectivity index (χ4v) is 2.15. The van der Waals surface area contributed by atoms with Crippen molar-refractivity contribution in [3.63, 3.8) is 0 Å². The third kappa shape index (κ3) is 2.02. The van der Waals surface area contributed by atoms with E-state index < -0.39 is 16.0 Å². The van der Waals surface area contributed by atoms with Crippen molar-refractivity contribution in [1.82, 2.24) is 0 Å². The molecule has 1 unspecified atom stereocenters. The van der Waals surface area contributed by atoms with Crippen LogP contribution in [0.15, 0.2) is 42.5 Å². The summed E-state index contributed by atoms with van der Waals surface area (Å²) in [6.45, 7) is 0. The first-order chi connectivity index (χ1) is 7.12. The van der Waals surface area contributed by atoms with Crippen molar-refractivity contribution in [3.05, 3.63) is 59.7 Å². The largest absolute Gasteiger partial charge is 0.204 e. The van der Waals surface area contributed by atoms with Crippen molar-refractivity contribution < 1.29 is 8.78 Å². The molecular weight excluding hydrogens is 262 g/mol. The second kappa shape index (κ2) is 3.89. The molecule has 15 heavy (non-hydrogen) atoms. The molecule has 0 nitrogen and oxygen atoms in total. The zero-order valence-electron chi connectivity index (χ0n) is 7.88. The van der Waals surface area contributed by atoms with Crippen molar-refractivity contribution >= 4 is 15.9 Å². The molecule has 0 aromatic heterocycles. The van der Waals surface area contributed by atoms with Gasteiger partial charge in [0, 0.05) is 0 Å². The van der Waals surface area contributed by atoms with Crippen molar-refractivity contribution in [3.8, 4) is 0 Å². The fourth-order valence-electron chi connectivity index (χ4n) is 1.56. The molecule has 0 saturated heterocycles. The molecule has 1 aromatic rings. The van der Waals surface area contributed by atoms with Crippen LogP contribution in [0.1, 0.15) is 12.0 Å². The number of benzene rings is 1. The highest BCUT2D eigenvalue weighted by molar-refractivity contribution is 9.09. The van der Waals surface area contributed by atoms with Gasteiger partial charge in [0.25, 0.3) is 0 Å². The van der Waals surface area contributed by atoms with Crippen LogP contribution in [0.2, 0.25) is 0 Å². The molecule has 0 heterocycles. The normalized spacial score (nSPS) is 24.5. The van der Waals surface area contributed by atoms with Gasteiger partial charge in [-0.25, -0.2) is 8.78 Å². The summed E-state index contributed by atoms with van der Waals surface area (Å²) >= 11 is 3.54. The third-order valence-electron chi connectivity index (χ3n) is 2.42. The topological polar surface area (TPSA) is 0 Å². The SMILES string of the molecule is Fc1ccc(C2(Br)C=CC=CC2)cc1F. The van der Waals surface area contributed by atoms with E-state index in [0.717, 1.165) is 18.1 Å². The van der Waals surface area contributed by atoms with Crippen LogP contribution >= 0.6 is 15.9 Å². The van der Waals surface area contributed by atoms with Gasteiger partial charge < -0.3 is 0 Å². The smallest absolute Gasteiger partial charge is 0.159 e. The highest BCUT2D eigenvalue weighted by atomic mass is 79.9. The first-order valence-corrected chi connectivity index (χ1v) is 5.40. The van der Waals surface area contributed by atoms with Crippen LogP contribution in [0.25, 0.3) is 0 Å². The predicted molar refractivity (Wildman–Crippen MR) is 59.9 cm³/mol. The molecule has 0 saturated carbocycles. The second-order valence-electron chi connectivity index (χ2n) is 3.48. The summed E-state index contributed by atoms with van der Waals surface area (Å²) in [6, 6.07) is 3.98. The Morgan fingerprint density at radius 3 is 2.53 bits per heavy atom. The molecule has 0 N–H and O–H groups in total. The van der Waals surface area contributed by atoms with Gasteiger partial charge in [0.2, 0.25) is 0 Å². The lowest BCUT2D eigenvalue weighted by Crippen LogP contribution is -2.15. The first kappa shape index (κ1) is 10.6. The quantitative estimate of drug-likeness (QED) is 0.675. The van der Waals surface area contributed by atoms with Crippen LogP contribution in [-0.2, 0) is 4.32 Å². The minimum Gasteiger partial charge on any atom is -0.204 e. The number of rotatable bonds is 1. The van der Waals surface area contributed by atoms with E-state index in [1.165, 1.54) is 6.07 Å². The second-order valence-corrected chi connectivity index (χ2v) is 4.90. The molecule has 0 bridgehead atoms. The maximum atomic E-state index is 13.1. The molecule has 78 valence electrons. The zero-order valence-corrected chi connectivity index (χ0v) is 9.47. The van der Waals surface area contributed by atoms with Gasteiger partial charge in [0.05, 0.1) is 4.32 Å². The summed E-state index contributed by atoms with van der Waals surface area (Å²) in [7, 11) is 0. The summed E-state index contributed by atoms with van der Waals surface area (Å²) in [4.78, 5) is 0. The van der Waals surface area contributed by atoms with Gasteiger partial charge >= 0.3 is 0 Å². The van der Waals surface area contributed by atoms with Gasteiger partial charge in [-0.15, -0.1) is 0 Å². The van der Waals surface area contributed by atoms with Crippen LogP contribution in [0.5, 0.6) is 0 Å². The molecule has 1 aliphatic rings. The Morgan fingerprint density at radius 2 is 1.93 bits per heavy atom. The maximum Gasteiger partial charge on any atom is 0.159 e. The van der Waals surface area contributed by atoms with E-state index in [0.29, 0.717) is 0 Å². The average molecular weight is 271 g/mol. The molecule has 0 spiro atoms. The number of alkyl halides is 1. The van der Waals surface area contributed by atoms with E-state index in [9.17, 15) is 8.78 Å². The van der Waals surface area contributed by atoms with Crippen molar-refractivity contribution in [1.29, 1.82) is 0 Å². The Morgan fingerprint density at radius 1 is 1.13 bits per heavy atom. The Labute approximate surface area is 95.4 Å². The lowest BCUT2D eigenvalue weighted by atomic mass is 9.92. The lowest BCUT2D eigenvalue weighted by Gasteiger charge is -2.24. The molecule has 0 aliphatic heterocycles. The third-order valence-corrected chi connectivity index (χ3v) is 3.47. The molecule has 3 heteroatoms. The lowest BCUT2D eigenvalue weighted by molar-refractivity contribution is 0.505. The van der Waals surface area contributed by atoms with Crippen molar-refractivity contribution in [2.24, 2.45) is 0 Å². The Balaban J connectivity index is 2.41. The number of halogens is 3. The first-order valence-electron chi connectivity index (χ1n) is 4.61. The van der Waals surface area contributed by atoms with Crippen LogP contribution in [-0.4, -0.2) is 0 Å². The maximum absolute atomic E-state index is 13.1. The standard InChI is InChI=1S/C12H9BrF2/c13-12(6-2-1-3-7-12)9-4-5-10(14)11(15)8-9/h1-6,8H,7H2. The number of hydrogen-bond donors (Lipinski definition) is 0. The molecule has 2 rings (SSSR count). The molecule has 1 aliphatic carbocycles. The van der Waals surface area contributed by atoms with Crippen molar-refractivity contribution in [2.45, 2.75) is 10.7 Å². The predicted octanol–water partition coefficient (Wildman–Crippen LogP) is 4.07. The van der Waals surface area contributed by atoms with Gasteiger partial charge in [0.15, 0.2) is 11.6 Å². The summed E-state index contributed by atoms with van der Waals surface area (Å²) in [6.07, 6.45) is 8.46. The summed E-state index contributed by atoms with van der Waals surface area (Å²) < 4.78 is 25.4. The number of allylic oxidation sites excluding steroid dienone is 4. The Hall–Kier alpha value is -0.960. The number of hydrogen-bond acceptors (Lipinski definition) is 0. The highest BCUT2D eigenvalue weighted by Crippen LogP contribution is 2.39. The monoisotopic (exact) mass is 270 g/mol. The summed E-state index contributed by atoms with van der Waals surface area (Å²) in [5, 5.41) is 0. The van der Waals surface area contributed by atoms with E-state index in [-0.39, 0.29) is 0 Å². The summed E-state index contributed by atoms with van der Waals surface area (Å²) in [5.74, 6) is -1.63. The average Bonchev–Trinajstić information content (AvgIpc) is 2.23. The molecule has 0 fully saturated rings. The van der Waals surface area contributed by atoms with E-state index in [2.05, 4.69) is 15.9 Å². The fraction of sp³-hybridized carbons (Fsp3) is 0.167. The van der Waals surface area contributed by atoms with Crippen LogP contribution in [0, 0.1) is 11.6 Å². The van der Waals surface area contributed by atoms with Gasteiger partial charge in [0.1, 0.15) is 0 Å². The van der Waals surface area contributed by atoms with Crippen LogP contribution in [0.4, 0.5) is 8.78 Å².